The van der Waals surface area contributed by atoms with Gasteiger partial charge in [0.15, 0.2) is 0 Å². The maximum absolute atomic E-state index is 13.4. The Labute approximate surface area is 210 Å². The summed E-state index contributed by atoms with van der Waals surface area (Å²) in [5.41, 5.74) is 5.66. The van der Waals surface area contributed by atoms with Gasteiger partial charge in [-0.25, -0.2) is 0 Å². The lowest BCUT2D eigenvalue weighted by Crippen LogP contribution is -2.19. The summed E-state index contributed by atoms with van der Waals surface area (Å²) in [6.45, 7) is 4.05. The average molecular weight is 481 g/mol. The van der Waals surface area contributed by atoms with Crippen LogP contribution in [-0.2, 0) is 16.0 Å². The highest BCUT2D eigenvalue weighted by Gasteiger charge is 2.23. The summed E-state index contributed by atoms with van der Waals surface area (Å²) < 4.78 is 0. The molecule has 4 rings (SSSR count). The number of carbonyl (C=O) groups excluding carboxylic acids is 2. The van der Waals surface area contributed by atoms with Gasteiger partial charge < -0.3 is 10.6 Å². The molecule has 35 heavy (non-hydrogen) atoms. The second-order valence-electron chi connectivity index (χ2n) is 8.38. The summed E-state index contributed by atoms with van der Waals surface area (Å²) in [6.07, 6.45) is 0.325. The van der Waals surface area contributed by atoms with E-state index in [1.54, 1.807) is 0 Å². The minimum Gasteiger partial charge on any atom is -0.326 e. The average Bonchev–Trinajstić information content (AvgIpc) is 2.87. The van der Waals surface area contributed by atoms with Gasteiger partial charge in [-0.15, -0.1) is 11.8 Å². The van der Waals surface area contributed by atoms with E-state index in [1.807, 2.05) is 117 Å². The summed E-state index contributed by atoms with van der Waals surface area (Å²) in [7, 11) is 0. The molecule has 0 aliphatic rings. The molecule has 176 valence electrons. The maximum atomic E-state index is 13.4. The first-order valence-electron chi connectivity index (χ1n) is 11.5. The SMILES string of the molecule is Cc1cccc(NC(=O)C(Sc2ccc(NC(=O)Cc3ccccc3)cc2)c2ccccc2)c1C. The van der Waals surface area contributed by atoms with Crippen LogP contribution in [-0.4, -0.2) is 11.8 Å². The minimum absolute atomic E-state index is 0.0633. The molecule has 5 heteroatoms. The Balaban J connectivity index is 1.46. The van der Waals surface area contributed by atoms with Crippen molar-refractivity contribution in [1.29, 1.82) is 0 Å². The minimum atomic E-state index is -0.422. The Bertz CT molecular complexity index is 1290. The molecule has 0 aliphatic heterocycles. The fraction of sp³-hybridized carbons (Fsp3) is 0.133. The number of rotatable bonds is 8. The topological polar surface area (TPSA) is 58.2 Å². The predicted octanol–water partition coefficient (Wildman–Crippen LogP) is 6.96. The van der Waals surface area contributed by atoms with Crippen LogP contribution in [0, 0.1) is 13.8 Å². The zero-order valence-electron chi connectivity index (χ0n) is 19.8. The number of carbonyl (C=O) groups is 2. The van der Waals surface area contributed by atoms with Crippen molar-refractivity contribution in [2.45, 2.75) is 30.4 Å². The van der Waals surface area contributed by atoms with E-state index in [0.29, 0.717) is 6.42 Å². The number of benzene rings is 4. The van der Waals surface area contributed by atoms with Crippen molar-refractivity contribution in [3.8, 4) is 0 Å². The Morgan fingerprint density at radius 3 is 2.09 bits per heavy atom. The van der Waals surface area contributed by atoms with Crippen molar-refractivity contribution in [3.05, 3.63) is 125 Å². The molecule has 0 spiro atoms. The third-order valence-electron chi connectivity index (χ3n) is 5.80. The van der Waals surface area contributed by atoms with E-state index < -0.39 is 5.25 Å². The fourth-order valence-electron chi connectivity index (χ4n) is 3.72. The largest absolute Gasteiger partial charge is 0.326 e. The molecule has 1 atom stereocenters. The van der Waals surface area contributed by atoms with E-state index in [1.165, 1.54) is 11.8 Å². The Morgan fingerprint density at radius 2 is 1.40 bits per heavy atom. The summed E-state index contributed by atoms with van der Waals surface area (Å²) in [5, 5.41) is 5.63. The highest BCUT2D eigenvalue weighted by Crippen LogP contribution is 2.37. The first-order valence-corrected chi connectivity index (χ1v) is 12.4. The smallest absolute Gasteiger partial charge is 0.242 e. The van der Waals surface area contributed by atoms with Crippen molar-refractivity contribution in [2.24, 2.45) is 0 Å². The molecule has 0 bridgehead atoms. The van der Waals surface area contributed by atoms with Crippen LogP contribution >= 0.6 is 11.8 Å². The summed E-state index contributed by atoms with van der Waals surface area (Å²) in [5.74, 6) is -0.137. The number of nitrogens with one attached hydrogen (secondary N) is 2. The fourth-order valence-corrected chi connectivity index (χ4v) is 4.75. The van der Waals surface area contributed by atoms with Crippen molar-refractivity contribution >= 4 is 35.0 Å². The quantitative estimate of drug-likeness (QED) is 0.268. The van der Waals surface area contributed by atoms with Crippen LogP contribution < -0.4 is 10.6 Å². The van der Waals surface area contributed by atoms with Crippen LogP contribution in [0.25, 0.3) is 0 Å². The third-order valence-corrected chi connectivity index (χ3v) is 7.07. The highest BCUT2D eigenvalue weighted by molar-refractivity contribution is 8.00. The van der Waals surface area contributed by atoms with Crippen molar-refractivity contribution in [2.75, 3.05) is 10.6 Å². The Kier molecular flexibility index (Phi) is 8.01. The maximum Gasteiger partial charge on any atom is 0.242 e. The number of thioether (sulfide) groups is 1. The van der Waals surface area contributed by atoms with Gasteiger partial charge in [-0.1, -0.05) is 72.8 Å². The second-order valence-corrected chi connectivity index (χ2v) is 9.56. The monoisotopic (exact) mass is 480 g/mol. The second kappa shape index (κ2) is 11.5. The molecule has 1 unspecified atom stereocenters. The Hall–Kier alpha value is -3.83. The molecule has 0 fully saturated rings. The zero-order chi connectivity index (χ0) is 24.6. The number of amides is 2. The standard InChI is InChI=1S/C30H28N2O2S/c1-21-10-9-15-27(22(21)2)32-30(34)29(24-13-7-4-8-14-24)35-26-18-16-25(17-19-26)31-28(33)20-23-11-5-3-6-12-23/h3-19,29H,20H2,1-2H3,(H,31,33)(H,32,34). The van der Waals surface area contributed by atoms with Crippen LogP contribution in [0.2, 0.25) is 0 Å². The molecule has 4 aromatic carbocycles. The molecule has 2 N–H and O–H groups in total. The molecule has 0 radical (unpaired) electrons. The van der Waals surface area contributed by atoms with E-state index in [4.69, 9.17) is 0 Å². The molecule has 4 aromatic rings. The van der Waals surface area contributed by atoms with Gasteiger partial charge in [-0.3, -0.25) is 9.59 Å². The van der Waals surface area contributed by atoms with Gasteiger partial charge in [0.1, 0.15) is 5.25 Å². The first-order chi connectivity index (χ1) is 17.0. The Morgan fingerprint density at radius 1 is 0.743 bits per heavy atom. The normalized spacial score (nSPS) is 11.5. The third kappa shape index (κ3) is 6.61. The van der Waals surface area contributed by atoms with Crippen molar-refractivity contribution in [1.82, 2.24) is 0 Å². The van der Waals surface area contributed by atoms with Gasteiger partial charge in [0.25, 0.3) is 0 Å². The van der Waals surface area contributed by atoms with E-state index in [2.05, 4.69) is 10.6 Å². The van der Waals surface area contributed by atoms with Gasteiger partial charge >= 0.3 is 0 Å². The van der Waals surface area contributed by atoms with E-state index in [0.717, 1.165) is 38.5 Å². The van der Waals surface area contributed by atoms with E-state index in [-0.39, 0.29) is 11.8 Å². The molecule has 2 amide bonds. The van der Waals surface area contributed by atoms with Crippen LogP contribution in [0.15, 0.2) is 108 Å². The number of hydrogen-bond donors (Lipinski definition) is 2. The summed E-state index contributed by atoms with van der Waals surface area (Å²) in [6, 6.07) is 33.0. The molecule has 0 aliphatic carbocycles. The van der Waals surface area contributed by atoms with Gasteiger partial charge in [-0.05, 0) is 66.4 Å². The van der Waals surface area contributed by atoms with Crippen LogP contribution in [0.5, 0.6) is 0 Å². The van der Waals surface area contributed by atoms with Crippen LogP contribution in [0.4, 0.5) is 11.4 Å². The first kappa shape index (κ1) is 24.3. The van der Waals surface area contributed by atoms with Crippen molar-refractivity contribution in [3.63, 3.8) is 0 Å². The predicted molar refractivity (Wildman–Crippen MR) is 145 cm³/mol. The summed E-state index contributed by atoms with van der Waals surface area (Å²) >= 11 is 1.48. The number of anilines is 2. The molecule has 4 nitrogen and oxygen atoms in total. The van der Waals surface area contributed by atoms with Crippen LogP contribution in [0.3, 0.4) is 0 Å². The lowest BCUT2D eigenvalue weighted by molar-refractivity contribution is -0.116. The van der Waals surface area contributed by atoms with Crippen LogP contribution in [0.1, 0.15) is 27.5 Å². The van der Waals surface area contributed by atoms with E-state index >= 15 is 0 Å². The van der Waals surface area contributed by atoms with Crippen molar-refractivity contribution < 1.29 is 9.59 Å². The lowest BCUT2D eigenvalue weighted by atomic mass is 10.1. The molecule has 0 heterocycles. The van der Waals surface area contributed by atoms with Gasteiger partial charge in [-0.2, -0.15) is 0 Å². The molecular formula is C30H28N2O2S. The van der Waals surface area contributed by atoms with Gasteiger partial charge in [0.05, 0.1) is 6.42 Å². The number of hydrogen-bond acceptors (Lipinski definition) is 3. The molecule has 0 saturated heterocycles. The number of aryl methyl sites for hydroxylation is 1. The van der Waals surface area contributed by atoms with Gasteiger partial charge in [0, 0.05) is 16.3 Å². The summed E-state index contributed by atoms with van der Waals surface area (Å²) in [4.78, 5) is 26.7. The zero-order valence-corrected chi connectivity index (χ0v) is 20.6. The molecule has 0 aromatic heterocycles. The highest BCUT2D eigenvalue weighted by atomic mass is 32.2. The van der Waals surface area contributed by atoms with Gasteiger partial charge in [0.2, 0.25) is 11.8 Å². The van der Waals surface area contributed by atoms with E-state index in [9.17, 15) is 9.59 Å². The molecule has 0 saturated carbocycles. The lowest BCUT2D eigenvalue weighted by Gasteiger charge is -2.19. The molecular weight excluding hydrogens is 452 g/mol.